The minimum Gasteiger partial charge on any atom is -0.418 e. The van der Waals surface area contributed by atoms with Crippen molar-refractivity contribution in [2.24, 2.45) is 0 Å². The van der Waals surface area contributed by atoms with Gasteiger partial charge in [0.1, 0.15) is 6.54 Å². The second kappa shape index (κ2) is 8.81. The Morgan fingerprint density at radius 3 is 1.44 bits per heavy atom. The van der Waals surface area contributed by atoms with Crippen LogP contribution >= 0.6 is 0 Å². The number of nitrogens with zero attached hydrogens (tertiary/aromatic N) is 1. The van der Waals surface area contributed by atoms with Crippen LogP contribution in [0.25, 0.3) is 0 Å². The maximum Gasteiger partial charge on any atom is 0.673 e. The van der Waals surface area contributed by atoms with E-state index in [1.807, 2.05) is 0 Å². The van der Waals surface area contributed by atoms with Gasteiger partial charge in [0.2, 0.25) is 0 Å². The molecule has 16 heavy (non-hydrogen) atoms. The number of methoxy groups -OCH3 is 1. The smallest absolute Gasteiger partial charge is 0.418 e. The summed E-state index contributed by atoms with van der Waals surface area (Å²) in [5.74, 6) is 0. The highest BCUT2D eigenvalue weighted by Gasteiger charge is 2.20. The van der Waals surface area contributed by atoms with Gasteiger partial charge in [0, 0.05) is 7.11 Å². The second-order valence-corrected chi connectivity index (χ2v) is 3.50. The predicted octanol–water partition coefficient (Wildman–Crippen LogP) is 2.81. The molecule has 0 aliphatic heterocycles. The van der Waals surface area contributed by atoms with E-state index in [0.717, 1.165) is 13.2 Å². The summed E-state index contributed by atoms with van der Waals surface area (Å²) in [4.78, 5) is 0. The Bertz CT molecular complexity index is 148. The van der Waals surface area contributed by atoms with E-state index in [2.05, 4.69) is 20.8 Å². The highest BCUT2D eigenvalue weighted by Crippen LogP contribution is 2.06. The molecule has 0 aliphatic carbocycles. The van der Waals surface area contributed by atoms with Gasteiger partial charge in [0.05, 0.1) is 26.2 Å². The van der Waals surface area contributed by atoms with Gasteiger partial charge in [-0.2, -0.15) is 0 Å². The highest BCUT2D eigenvalue weighted by atomic mass is 19.5. The van der Waals surface area contributed by atoms with Crippen LogP contribution < -0.4 is 0 Å². The Morgan fingerprint density at radius 2 is 1.25 bits per heavy atom. The summed E-state index contributed by atoms with van der Waals surface area (Å²) in [6.45, 7) is 12.5. The van der Waals surface area contributed by atoms with Crippen molar-refractivity contribution >= 4 is 7.25 Å². The second-order valence-electron chi connectivity index (χ2n) is 3.50. The predicted molar refractivity (Wildman–Crippen MR) is 58.8 cm³/mol. The third-order valence-corrected chi connectivity index (χ3v) is 2.78. The number of likely N-dealkylation sites (N-methyl/N-ethyl adjacent to an activating group) is 1. The lowest BCUT2D eigenvalue weighted by Gasteiger charge is -2.35. The number of halogens is 4. The topological polar surface area (TPSA) is 9.23 Å². The fourth-order valence-electron chi connectivity index (χ4n) is 1.43. The van der Waals surface area contributed by atoms with Crippen molar-refractivity contribution < 1.29 is 26.5 Å². The Kier molecular flexibility index (Phi) is 9.96. The fraction of sp³-hybridized carbons (Fsp3) is 1.00. The molecule has 0 saturated carbocycles. The average Bonchev–Trinajstić information content (AvgIpc) is 2.19. The summed E-state index contributed by atoms with van der Waals surface area (Å²) in [6.07, 6.45) is 0. The Balaban J connectivity index is 0. The minimum absolute atomic E-state index is 0.884. The molecule has 7 heteroatoms. The molecule has 0 rings (SSSR count). The molecule has 2 nitrogen and oxygen atoms in total. The van der Waals surface area contributed by atoms with Gasteiger partial charge in [-0.05, 0) is 20.8 Å². The molecule has 0 bridgehead atoms. The van der Waals surface area contributed by atoms with Crippen LogP contribution in [0.3, 0.4) is 0 Å². The van der Waals surface area contributed by atoms with Crippen LogP contribution in [0.15, 0.2) is 0 Å². The molecule has 0 spiro atoms. The Labute approximate surface area is 95.3 Å². The lowest BCUT2D eigenvalue weighted by Crippen LogP contribution is -2.49. The molecule has 0 heterocycles. The Hall–Kier alpha value is -0.295. The van der Waals surface area contributed by atoms with Gasteiger partial charge in [0.25, 0.3) is 0 Å². The van der Waals surface area contributed by atoms with Crippen molar-refractivity contribution in [3.63, 3.8) is 0 Å². The zero-order valence-electron chi connectivity index (χ0n) is 10.5. The fourth-order valence-corrected chi connectivity index (χ4v) is 1.43. The normalized spacial score (nSPS) is 12.0. The van der Waals surface area contributed by atoms with Crippen molar-refractivity contribution in [3.8, 4) is 0 Å². The lowest BCUT2D eigenvalue weighted by molar-refractivity contribution is -0.923. The van der Waals surface area contributed by atoms with Crippen LogP contribution in [-0.2, 0) is 4.74 Å². The molecular formula is C9H22BF4NO. The first-order valence-electron chi connectivity index (χ1n) is 5.46. The van der Waals surface area contributed by atoms with E-state index >= 15 is 0 Å². The zero-order valence-corrected chi connectivity index (χ0v) is 10.5. The molecule has 0 radical (unpaired) electrons. The number of quaternary nitrogens is 1. The Morgan fingerprint density at radius 1 is 0.938 bits per heavy atom. The highest BCUT2D eigenvalue weighted by molar-refractivity contribution is 6.50. The van der Waals surface area contributed by atoms with Gasteiger partial charge >= 0.3 is 7.25 Å². The maximum atomic E-state index is 9.75. The quantitative estimate of drug-likeness (QED) is 0.398. The van der Waals surface area contributed by atoms with Crippen LogP contribution in [0.4, 0.5) is 17.3 Å². The molecule has 0 aromatic carbocycles. The van der Waals surface area contributed by atoms with Gasteiger partial charge in [0.15, 0.2) is 0 Å². The van der Waals surface area contributed by atoms with Crippen molar-refractivity contribution in [1.82, 2.24) is 0 Å². The third-order valence-electron chi connectivity index (χ3n) is 2.78. The summed E-state index contributed by atoms with van der Waals surface area (Å²) in [6, 6.07) is 0. The maximum absolute atomic E-state index is 9.75. The van der Waals surface area contributed by atoms with E-state index in [1.54, 1.807) is 7.11 Å². The van der Waals surface area contributed by atoms with Crippen LogP contribution in [0, 0.1) is 0 Å². The van der Waals surface area contributed by atoms with Gasteiger partial charge in [-0.1, -0.05) is 0 Å². The first-order valence-corrected chi connectivity index (χ1v) is 5.46. The first-order chi connectivity index (χ1) is 7.24. The molecule has 0 fully saturated rings. The van der Waals surface area contributed by atoms with Crippen LogP contribution in [0.1, 0.15) is 20.8 Å². The molecule has 0 aromatic heterocycles. The molecule has 0 aromatic rings. The zero-order chi connectivity index (χ0) is 13.2. The third kappa shape index (κ3) is 11.8. The van der Waals surface area contributed by atoms with E-state index in [1.165, 1.54) is 24.1 Å². The molecular weight excluding hydrogens is 225 g/mol. The number of hydrogen-bond acceptors (Lipinski definition) is 1. The summed E-state index contributed by atoms with van der Waals surface area (Å²) in [7, 11) is -4.23. The molecule has 0 saturated heterocycles. The number of hydrogen-bond donors (Lipinski definition) is 0. The summed E-state index contributed by atoms with van der Waals surface area (Å²) in [5.41, 5.74) is 0. The van der Waals surface area contributed by atoms with Crippen molar-refractivity contribution in [2.75, 3.05) is 39.9 Å². The number of ether oxygens (including phenoxy) is 1. The van der Waals surface area contributed by atoms with Crippen molar-refractivity contribution in [1.29, 1.82) is 0 Å². The van der Waals surface area contributed by atoms with Gasteiger partial charge in [-0.3, -0.25) is 0 Å². The molecule has 0 atom stereocenters. The molecule has 0 aliphatic rings. The van der Waals surface area contributed by atoms with Crippen LogP contribution in [0.2, 0.25) is 0 Å². The summed E-state index contributed by atoms with van der Waals surface area (Å²) < 4.78 is 45.3. The van der Waals surface area contributed by atoms with E-state index < -0.39 is 7.25 Å². The largest absolute Gasteiger partial charge is 0.673 e. The molecule has 0 unspecified atom stereocenters. The average molecular weight is 247 g/mol. The first kappa shape index (κ1) is 18.1. The van der Waals surface area contributed by atoms with Crippen LogP contribution in [0.5, 0.6) is 0 Å². The summed E-state index contributed by atoms with van der Waals surface area (Å²) in [5, 5.41) is 0. The van der Waals surface area contributed by atoms with Crippen LogP contribution in [-0.4, -0.2) is 51.6 Å². The monoisotopic (exact) mass is 247 g/mol. The number of rotatable bonds is 6. The van der Waals surface area contributed by atoms with E-state index in [4.69, 9.17) is 4.74 Å². The van der Waals surface area contributed by atoms with Gasteiger partial charge in [-0.25, -0.2) is 0 Å². The molecule has 0 amide bonds. The SMILES string of the molecule is CC[N+](CC)(CC)CCOC.F[B-](F)(F)F. The van der Waals surface area contributed by atoms with Crippen molar-refractivity contribution in [2.45, 2.75) is 20.8 Å². The lowest BCUT2D eigenvalue weighted by atomic mass is 10.3. The van der Waals surface area contributed by atoms with Gasteiger partial charge < -0.3 is 26.5 Å². The van der Waals surface area contributed by atoms with Gasteiger partial charge in [-0.15, -0.1) is 0 Å². The standard InChI is InChI=1S/C9H22NO.BF4/c1-5-10(6-2,7-3)8-9-11-4;2-1(3,4)5/h5-9H2,1-4H3;/q+1;-1. The van der Waals surface area contributed by atoms with E-state index in [-0.39, 0.29) is 0 Å². The van der Waals surface area contributed by atoms with E-state index in [0.29, 0.717) is 0 Å². The molecule has 100 valence electrons. The molecule has 0 N–H and O–H groups in total. The van der Waals surface area contributed by atoms with E-state index in [9.17, 15) is 17.3 Å². The van der Waals surface area contributed by atoms with Crippen molar-refractivity contribution in [3.05, 3.63) is 0 Å². The summed E-state index contributed by atoms with van der Waals surface area (Å²) >= 11 is 0. The minimum atomic E-state index is -6.00.